The Bertz CT molecular complexity index is 530. The van der Waals surface area contributed by atoms with E-state index in [0.717, 1.165) is 15.5 Å². The maximum Gasteiger partial charge on any atom is 0.214 e. The van der Waals surface area contributed by atoms with Crippen molar-refractivity contribution in [1.29, 1.82) is 0 Å². The van der Waals surface area contributed by atoms with E-state index in [1.807, 2.05) is 18.5 Å². The maximum atomic E-state index is 5.53. The quantitative estimate of drug-likeness (QED) is 0.630. The number of nitrogens with two attached hydrogens (primary N) is 1. The lowest BCUT2D eigenvalue weighted by molar-refractivity contribution is 0.979. The number of nitrogens with one attached hydrogen (secondary N) is 1. The molecule has 0 fully saturated rings. The first-order valence-corrected chi connectivity index (χ1v) is 4.89. The minimum Gasteiger partial charge on any atom is -0.382 e. The number of aromatic amines is 1. The van der Waals surface area contributed by atoms with Gasteiger partial charge in [-0.2, -0.15) is 5.10 Å². The number of nitrogens with zero attached hydrogens (tertiary/aromatic N) is 3. The van der Waals surface area contributed by atoms with Gasteiger partial charge in [0.2, 0.25) is 4.96 Å². The van der Waals surface area contributed by atoms with Crippen LogP contribution in [-0.4, -0.2) is 19.6 Å². The summed E-state index contributed by atoms with van der Waals surface area (Å²) in [5.74, 6) is 0.504. The molecule has 0 radical (unpaired) electrons. The third-order valence-electron chi connectivity index (χ3n) is 1.91. The molecule has 0 aliphatic heterocycles. The van der Waals surface area contributed by atoms with Gasteiger partial charge >= 0.3 is 0 Å². The monoisotopic (exact) mass is 205 g/mol. The van der Waals surface area contributed by atoms with Crippen molar-refractivity contribution in [3.8, 4) is 10.6 Å². The molecule has 14 heavy (non-hydrogen) atoms. The maximum absolute atomic E-state index is 5.53. The predicted octanol–water partition coefficient (Wildman–Crippen LogP) is 1.37. The highest BCUT2D eigenvalue weighted by Gasteiger charge is 2.08. The molecule has 0 unspecified atom stereocenters. The Kier molecular flexibility index (Phi) is 1.40. The summed E-state index contributed by atoms with van der Waals surface area (Å²) in [7, 11) is 0. The summed E-state index contributed by atoms with van der Waals surface area (Å²) in [4.78, 5) is 7.94. The van der Waals surface area contributed by atoms with Crippen LogP contribution in [0.5, 0.6) is 0 Å². The Labute approximate surface area is 83.2 Å². The molecule has 0 aliphatic rings. The Balaban J connectivity index is 2.20. The smallest absolute Gasteiger partial charge is 0.214 e. The second-order valence-corrected chi connectivity index (χ2v) is 3.86. The van der Waals surface area contributed by atoms with E-state index in [9.17, 15) is 0 Å². The Hall–Kier alpha value is -1.82. The molecule has 3 rings (SSSR count). The lowest BCUT2D eigenvalue weighted by atomic mass is 10.4. The molecule has 0 aromatic carbocycles. The lowest BCUT2D eigenvalue weighted by Crippen LogP contribution is -1.83. The number of fused-ring (bicyclic) bond motifs is 1. The lowest BCUT2D eigenvalue weighted by Gasteiger charge is -1.84. The van der Waals surface area contributed by atoms with Crippen molar-refractivity contribution in [2.24, 2.45) is 0 Å². The van der Waals surface area contributed by atoms with Gasteiger partial charge in [-0.1, -0.05) is 11.3 Å². The average molecular weight is 205 g/mol. The third-order valence-corrected chi connectivity index (χ3v) is 2.88. The summed E-state index contributed by atoms with van der Waals surface area (Å²) >= 11 is 1.52. The molecule has 0 saturated carbocycles. The van der Waals surface area contributed by atoms with Crippen LogP contribution in [0.25, 0.3) is 15.5 Å². The standard InChI is InChI=1S/C8H7N5S/c9-6-4-13-8(11-6)14-7(12-13)5-1-2-10-3-5/h1-4,10H,9H2. The van der Waals surface area contributed by atoms with Crippen molar-refractivity contribution >= 4 is 22.1 Å². The number of anilines is 1. The number of rotatable bonds is 1. The third kappa shape index (κ3) is 1.01. The number of hydrogen-bond acceptors (Lipinski definition) is 4. The summed E-state index contributed by atoms with van der Waals surface area (Å²) in [6.45, 7) is 0. The van der Waals surface area contributed by atoms with Gasteiger partial charge < -0.3 is 10.7 Å². The number of H-pyrrole nitrogens is 1. The van der Waals surface area contributed by atoms with Gasteiger partial charge in [-0.05, 0) is 6.07 Å². The zero-order valence-electron chi connectivity index (χ0n) is 7.14. The Morgan fingerprint density at radius 3 is 3.14 bits per heavy atom. The summed E-state index contributed by atoms with van der Waals surface area (Å²) in [6, 6.07) is 1.97. The van der Waals surface area contributed by atoms with Crippen molar-refractivity contribution in [3.63, 3.8) is 0 Å². The summed E-state index contributed by atoms with van der Waals surface area (Å²) in [5, 5.41) is 5.29. The second kappa shape index (κ2) is 2.58. The van der Waals surface area contributed by atoms with Gasteiger partial charge in [0.25, 0.3) is 0 Å². The molecule has 3 N–H and O–H groups in total. The van der Waals surface area contributed by atoms with Gasteiger partial charge in [0.15, 0.2) is 0 Å². The number of imidazole rings is 1. The number of hydrogen-bond donors (Lipinski definition) is 2. The molecule has 5 nitrogen and oxygen atoms in total. The normalized spacial score (nSPS) is 11.1. The highest BCUT2D eigenvalue weighted by Crippen LogP contribution is 2.25. The van der Waals surface area contributed by atoms with Crippen LogP contribution >= 0.6 is 11.3 Å². The number of aromatic nitrogens is 4. The molecular weight excluding hydrogens is 198 g/mol. The van der Waals surface area contributed by atoms with Crippen LogP contribution in [0.2, 0.25) is 0 Å². The molecular formula is C8H7N5S. The molecule has 0 atom stereocenters. The molecule has 3 aromatic rings. The topological polar surface area (TPSA) is 72.0 Å². The zero-order chi connectivity index (χ0) is 9.54. The van der Waals surface area contributed by atoms with Gasteiger partial charge in [0, 0.05) is 18.0 Å². The second-order valence-electron chi connectivity index (χ2n) is 2.90. The molecule has 0 bridgehead atoms. The summed E-state index contributed by atoms with van der Waals surface area (Å²) < 4.78 is 1.70. The molecule has 3 aromatic heterocycles. The van der Waals surface area contributed by atoms with Crippen LogP contribution in [0.1, 0.15) is 0 Å². The van der Waals surface area contributed by atoms with Crippen LogP contribution in [0, 0.1) is 0 Å². The van der Waals surface area contributed by atoms with Crippen LogP contribution in [0.3, 0.4) is 0 Å². The van der Waals surface area contributed by atoms with Crippen molar-refractivity contribution in [3.05, 3.63) is 24.7 Å². The molecule has 0 spiro atoms. The van der Waals surface area contributed by atoms with Crippen LogP contribution in [0.15, 0.2) is 24.7 Å². The summed E-state index contributed by atoms with van der Waals surface area (Å²) in [6.07, 6.45) is 5.48. The fourth-order valence-electron chi connectivity index (χ4n) is 1.29. The van der Waals surface area contributed by atoms with E-state index in [0.29, 0.717) is 5.82 Å². The van der Waals surface area contributed by atoms with Gasteiger partial charge in [-0.3, -0.25) is 0 Å². The van der Waals surface area contributed by atoms with Crippen LogP contribution in [-0.2, 0) is 0 Å². The first kappa shape index (κ1) is 7.57. The Morgan fingerprint density at radius 1 is 1.50 bits per heavy atom. The minimum absolute atomic E-state index is 0.504. The van der Waals surface area contributed by atoms with Crippen LogP contribution in [0.4, 0.5) is 5.82 Å². The van der Waals surface area contributed by atoms with E-state index in [1.165, 1.54) is 11.3 Å². The van der Waals surface area contributed by atoms with Crippen LogP contribution < -0.4 is 5.73 Å². The molecule has 6 heteroatoms. The highest BCUT2D eigenvalue weighted by molar-refractivity contribution is 7.19. The van der Waals surface area contributed by atoms with Crippen molar-refractivity contribution in [2.45, 2.75) is 0 Å². The Morgan fingerprint density at radius 2 is 2.43 bits per heavy atom. The predicted molar refractivity (Wildman–Crippen MR) is 55.1 cm³/mol. The summed E-state index contributed by atoms with van der Waals surface area (Å²) in [5.41, 5.74) is 6.60. The number of nitrogen functional groups attached to an aromatic ring is 1. The SMILES string of the molecule is Nc1cn2nc(-c3cc[nH]c3)sc2n1. The first-order chi connectivity index (χ1) is 6.83. The average Bonchev–Trinajstić information content (AvgIpc) is 2.74. The molecule has 3 heterocycles. The minimum atomic E-state index is 0.504. The van der Waals surface area contributed by atoms with E-state index in [-0.39, 0.29) is 0 Å². The first-order valence-electron chi connectivity index (χ1n) is 4.08. The molecule has 0 amide bonds. The van der Waals surface area contributed by atoms with Gasteiger partial charge in [0.1, 0.15) is 10.8 Å². The zero-order valence-corrected chi connectivity index (χ0v) is 7.95. The van der Waals surface area contributed by atoms with Crippen molar-refractivity contribution in [2.75, 3.05) is 5.73 Å². The van der Waals surface area contributed by atoms with E-state index < -0.39 is 0 Å². The van der Waals surface area contributed by atoms with Crippen molar-refractivity contribution in [1.82, 2.24) is 19.6 Å². The molecule has 70 valence electrons. The van der Waals surface area contributed by atoms with Crippen molar-refractivity contribution < 1.29 is 0 Å². The fourth-order valence-corrected chi connectivity index (χ4v) is 2.18. The van der Waals surface area contributed by atoms with E-state index >= 15 is 0 Å². The fraction of sp³-hybridized carbons (Fsp3) is 0. The molecule has 0 saturated heterocycles. The van der Waals surface area contributed by atoms with E-state index in [1.54, 1.807) is 10.7 Å². The van der Waals surface area contributed by atoms with E-state index in [4.69, 9.17) is 5.73 Å². The van der Waals surface area contributed by atoms with Gasteiger partial charge in [-0.25, -0.2) is 9.50 Å². The highest BCUT2D eigenvalue weighted by atomic mass is 32.1. The van der Waals surface area contributed by atoms with Gasteiger partial charge in [0.05, 0.1) is 6.20 Å². The van der Waals surface area contributed by atoms with Gasteiger partial charge in [-0.15, -0.1) is 0 Å². The van der Waals surface area contributed by atoms with E-state index in [2.05, 4.69) is 15.1 Å². The largest absolute Gasteiger partial charge is 0.382 e. The molecule has 0 aliphatic carbocycles.